The molecule has 0 fully saturated rings. The molecule has 2 aromatic rings. The number of fused-ring (bicyclic) bond motifs is 1. The van der Waals surface area contributed by atoms with Gasteiger partial charge in [-0.2, -0.15) is 4.98 Å². The molecule has 0 spiro atoms. The molecule has 0 aliphatic rings. The zero-order valence-corrected chi connectivity index (χ0v) is 14.3. The van der Waals surface area contributed by atoms with Gasteiger partial charge in [-0.15, -0.1) is 0 Å². The van der Waals surface area contributed by atoms with Crippen LogP contribution in [0.4, 0.5) is 0 Å². The highest BCUT2D eigenvalue weighted by Gasteiger charge is 2.19. The van der Waals surface area contributed by atoms with E-state index in [1.165, 1.54) is 23.2 Å². The maximum absolute atomic E-state index is 12.3. The smallest absolute Gasteiger partial charge is 0.332 e. The highest BCUT2D eigenvalue weighted by Crippen LogP contribution is 2.15. The third-order valence-electron chi connectivity index (χ3n) is 3.65. The van der Waals surface area contributed by atoms with Gasteiger partial charge < -0.3 is 5.32 Å². The van der Waals surface area contributed by atoms with E-state index in [0.29, 0.717) is 12.5 Å². The minimum atomic E-state index is -0.530. The van der Waals surface area contributed by atoms with Crippen LogP contribution < -0.4 is 16.6 Å². The minimum Gasteiger partial charge on any atom is -0.355 e. The fraction of sp³-hybridized carbons (Fsp3) is 0.571. The van der Waals surface area contributed by atoms with Crippen LogP contribution in [0.5, 0.6) is 0 Å². The standard InChI is InChI=1S/C14H20ClN5O3/c1-8(2)5-6-16-9(21)7-20-10-11(17-13(20)15)18(3)14(23)19(4)12(10)22/h8H,5-7H2,1-4H3,(H,16,21). The summed E-state index contributed by atoms with van der Waals surface area (Å²) in [6.45, 7) is 4.56. The van der Waals surface area contributed by atoms with E-state index in [9.17, 15) is 14.4 Å². The number of aryl methyl sites for hydroxylation is 1. The summed E-state index contributed by atoms with van der Waals surface area (Å²) in [6.07, 6.45) is 0.862. The van der Waals surface area contributed by atoms with Gasteiger partial charge in [0.25, 0.3) is 5.56 Å². The number of aromatic nitrogens is 4. The molecule has 0 aromatic carbocycles. The van der Waals surface area contributed by atoms with Crippen molar-refractivity contribution in [2.24, 2.45) is 20.0 Å². The van der Waals surface area contributed by atoms with Gasteiger partial charge in [-0.05, 0) is 23.9 Å². The summed E-state index contributed by atoms with van der Waals surface area (Å²) in [5.41, 5.74) is -0.723. The van der Waals surface area contributed by atoms with Gasteiger partial charge in [0.05, 0.1) is 0 Å². The first-order valence-electron chi connectivity index (χ1n) is 7.32. The lowest BCUT2D eigenvalue weighted by atomic mass is 10.1. The van der Waals surface area contributed by atoms with E-state index in [1.54, 1.807) is 0 Å². The summed E-state index contributed by atoms with van der Waals surface area (Å²) < 4.78 is 3.52. The number of hydrogen-bond donors (Lipinski definition) is 1. The van der Waals surface area contributed by atoms with Crippen molar-refractivity contribution in [1.82, 2.24) is 24.0 Å². The number of carbonyl (C=O) groups is 1. The molecule has 0 bridgehead atoms. The van der Waals surface area contributed by atoms with E-state index in [-0.39, 0.29) is 28.9 Å². The van der Waals surface area contributed by atoms with Crippen molar-refractivity contribution in [2.45, 2.75) is 26.8 Å². The summed E-state index contributed by atoms with van der Waals surface area (Å²) in [6, 6.07) is 0. The monoisotopic (exact) mass is 341 g/mol. The average molecular weight is 342 g/mol. The zero-order chi connectivity index (χ0) is 17.3. The fourth-order valence-electron chi connectivity index (χ4n) is 2.26. The number of amides is 1. The van der Waals surface area contributed by atoms with Gasteiger partial charge in [0.2, 0.25) is 11.2 Å². The second-order valence-electron chi connectivity index (χ2n) is 5.88. The van der Waals surface area contributed by atoms with Crippen LogP contribution in [0, 0.1) is 5.92 Å². The summed E-state index contributed by atoms with van der Waals surface area (Å²) >= 11 is 6.05. The molecule has 0 saturated heterocycles. The van der Waals surface area contributed by atoms with Crippen LogP contribution in [-0.2, 0) is 25.4 Å². The Hall–Kier alpha value is -2.09. The molecule has 2 heterocycles. The van der Waals surface area contributed by atoms with Gasteiger partial charge in [0.1, 0.15) is 6.54 Å². The highest BCUT2D eigenvalue weighted by molar-refractivity contribution is 6.29. The first kappa shape index (κ1) is 17.3. The molecule has 1 amide bonds. The summed E-state index contributed by atoms with van der Waals surface area (Å²) in [4.78, 5) is 40.3. The Bertz CT molecular complexity index is 862. The molecule has 0 unspecified atom stereocenters. The maximum Gasteiger partial charge on any atom is 0.332 e. The van der Waals surface area contributed by atoms with Gasteiger partial charge in [0.15, 0.2) is 11.2 Å². The molecule has 9 heteroatoms. The normalized spacial score (nSPS) is 11.4. The third-order valence-corrected chi connectivity index (χ3v) is 3.94. The lowest BCUT2D eigenvalue weighted by Gasteiger charge is -2.09. The molecular weight excluding hydrogens is 322 g/mol. The second-order valence-corrected chi connectivity index (χ2v) is 6.22. The number of nitrogens with one attached hydrogen (secondary N) is 1. The van der Waals surface area contributed by atoms with Crippen LogP contribution in [0.25, 0.3) is 11.2 Å². The molecule has 0 aliphatic heterocycles. The largest absolute Gasteiger partial charge is 0.355 e. The van der Waals surface area contributed by atoms with Crippen molar-refractivity contribution in [2.75, 3.05) is 6.54 Å². The predicted molar refractivity (Wildman–Crippen MR) is 87.7 cm³/mol. The van der Waals surface area contributed by atoms with Gasteiger partial charge in [-0.1, -0.05) is 13.8 Å². The van der Waals surface area contributed by atoms with Crippen molar-refractivity contribution in [1.29, 1.82) is 0 Å². The van der Waals surface area contributed by atoms with Crippen LogP contribution in [0.2, 0.25) is 5.28 Å². The van der Waals surface area contributed by atoms with Crippen molar-refractivity contribution in [3.05, 3.63) is 26.1 Å². The van der Waals surface area contributed by atoms with E-state index in [2.05, 4.69) is 24.1 Å². The molecule has 8 nitrogen and oxygen atoms in total. The Morgan fingerprint density at radius 2 is 1.91 bits per heavy atom. The second kappa shape index (κ2) is 6.57. The van der Waals surface area contributed by atoms with Gasteiger partial charge >= 0.3 is 5.69 Å². The van der Waals surface area contributed by atoms with Crippen molar-refractivity contribution >= 4 is 28.7 Å². The molecule has 0 radical (unpaired) electrons. The third kappa shape index (κ3) is 3.31. The number of halogens is 1. The maximum atomic E-state index is 12.3. The summed E-state index contributed by atoms with van der Waals surface area (Å²) in [5.74, 6) is 0.220. The number of nitrogens with zero attached hydrogens (tertiary/aromatic N) is 4. The molecule has 126 valence electrons. The number of imidazole rings is 1. The van der Waals surface area contributed by atoms with E-state index in [0.717, 1.165) is 11.0 Å². The van der Waals surface area contributed by atoms with E-state index >= 15 is 0 Å². The van der Waals surface area contributed by atoms with E-state index < -0.39 is 11.2 Å². The Labute approximate surface area is 137 Å². The molecular formula is C14H20ClN5O3. The molecule has 23 heavy (non-hydrogen) atoms. The molecule has 0 aliphatic carbocycles. The molecule has 2 rings (SSSR count). The van der Waals surface area contributed by atoms with Crippen LogP contribution >= 0.6 is 11.6 Å². The minimum absolute atomic E-state index is 0.00249. The molecule has 0 atom stereocenters. The predicted octanol–water partition coefficient (Wildman–Crippen LogP) is 0.249. The Kier molecular flexibility index (Phi) is 4.93. The quantitative estimate of drug-likeness (QED) is 0.789. The molecule has 0 saturated carbocycles. The topological polar surface area (TPSA) is 90.9 Å². The van der Waals surface area contributed by atoms with Crippen LogP contribution in [0.1, 0.15) is 20.3 Å². The SMILES string of the molecule is CC(C)CCNC(=O)Cn1c(Cl)nc2c1c(=O)n(C)c(=O)n2C. The zero-order valence-electron chi connectivity index (χ0n) is 13.6. The Morgan fingerprint density at radius 3 is 2.52 bits per heavy atom. The Morgan fingerprint density at radius 1 is 1.26 bits per heavy atom. The van der Waals surface area contributed by atoms with E-state index in [1.807, 2.05) is 0 Å². The Balaban J connectivity index is 2.39. The van der Waals surface area contributed by atoms with Gasteiger partial charge in [-0.3, -0.25) is 23.3 Å². The lowest BCUT2D eigenvalue weighted by Crippen LogP contribution is -2.38. The van der Waals surface area contributed by atoms with Crippen molar-refractivity contribution in [3.63, 3.8) is 0 Å². The van der Waals surface area contributed by atoms with Crippen molar-refractivity contribution in [3.8, 4) is 0 Å². The summed E-state index contributed by atoms with van der Waals surface area (Å²) in [5, 5.41) is 2.78. The molecule has 2 aromatic heterocycles. The number of hydrogen-bond acceptors (Lipinski definition) is 4. The van der Waals surface area contributed by atoms with Gasteiger partial charge in [-0.25, -0.2) is 4.79 Å². The molecule has 1 N–H and O–H groups in total. The van der Waals surface area contributed by atoms with Crippen LogP contribution in [-0.4, -0.2) is 31.1 Å². The van der Waals surface area contributed by atoms with Crippen molar-refractivity contribution < 1.29 is 4.79 Å². The average Bonchev–Trinajstić information content (AvgIpc) is 2.80. The van der Waals surface area contributed by atoms with Crippen LogP contribution in [0.3, 0.4) is 0 Å². The highest BCUT2D eigenvalue weighted by atomic mass is 35.5. The lowest BCUT2D eigenvalue weighted by molar-refractivity contribution is -0.121. The summed E-state index contributed by atoms with van der Waals surface area (Å²) in [7, 11) is 2.87. The number of carbonyl (C=O) groups excluding carboxylic acids is 1. The number of rotatable bonds is 5. The first-order chi connectivity index (χ1) is 10.7. The van der Waals surface area contributed by atoms with Gasteiger partial charge in [0, 0.05) is 20.6 Å². The fourth-order valence-corrected chi connectivity index (χ4v) is 2.49. The van der Waals surface area contributed by atoms with Crippen LogP contribution in [0.15, 0.2) is 9.59 Å². The first-order valence-corrected chi connectivity index (χ1v) is 7.70. The van der Waals surface area contributed by atoms with E-state index in [4.69, 9.17) is 11.6 Å².